The van der Waals surface area contributed by atoms with Gasteiger partial charge in [-0.1, -0.05) is 19.3 Å². The molecule has 1 aliphatic carbocycles. The van der Waals surface area contributed by atoms with Crippen molar-refractivity contribution in [2.24, 2.45) is 0 Å². The molecule has 0 atom stereocenters. The fourth-order valence-corrected chi connectivity index (χ4v) is 2.32. The van der Waals surface area contributed by atoms with Crippen LogP contribution in [0.15, 0.2) is 0 Å². The Morgan fingerprint density at radius 3 is 2.67 bits per heavy atom. The molecule has 0 aromatic carbocycles. The van der Waals surface area contributed by atoms with Crippen molar-refractivity contribution >= 4 is 11.6 Å². The number of H-pyrrole nitrogens is 1. The van der Waals surface area contributed by atoms with E-state index in [2.05, 4.69) is 15.2 Å². The molecular formula is C10H16ClN3O. The predicted octanol–water partition coefficient (Wildman–Crippen LogP) is 2.35. The largest absolute Gasteiger partial charge is 0.370 e. The first-order valence-corrected chi connectivity index (χ1v) is 5.87. The average Bonchev–Trinajstić information content (AvgIpc) is 2.79. The van der Waals surface area contributed by atoms with E-state index in [4.69, 9.17) is 16.3 Å². The summed E-state index contributed by atoms with van der Waals surface area (Å²) in [6.45, 7) is 0. The van der Waals surface area contributed by atoms with Crippen molar-refractivity contribution in [2.45, 2.75) is 43.6 Å². The van der Waals surface area contributed by atoms with E-state index in [0.29, 0.717) is 11.7 Å². The first-order chi connectivity index (χ1) is 7.30. The minimum absolute atomic E-state index is 0.279. The number of rotatable bonds is 3. The van der Waals surface area contributed by atoms with Gasteiger partial charge in [0, 0.05) is 7.11 Å². The molecule has 5 heteroatoms. The molecule has 0 bridgehead atoms. The lowest BCUT2D eigenvalue weighted by Gasteiger charge is -2.33. The molecule has 0 radical (unpaired) electrons. The van der Waals surface area contributed by atoms with E-state index in [1.807, 2.05) is 0 Å². The maximum atomic E-state index is 5.69. The van der Waals surface area contributed by atoms with Gasteiger partial charge in [0.05, 0.1) is 5.88 Å². The first kappa shape index (κ1) is 10.9. The number of methoxy groups -OCH3 is 1. The minimum Gasteiger partial charge on any atom is -0.370 e. The van der Waals surface area contributed by atoms with Crippen molar-refractivity contribution in [3.63, 3.8) is 0 Å². The molecule has 0 unspecified atom stereocenters. The van der Waals surface area contributed by atoms with E-state index in [1.54, 1.807) is 7.11 Å². The highest BCUT2D eigenvalue weighted by atomic mass is 35.5. The van der Waals surface area contributed by atoms with Gasteiger partial charge in [-0.3, -0.25) is 5.10 Å². The van der Waals surface area contributed by atoms with E-state index in [0.717, 1.165) is 18.7 Å². The van der Waals surface area contributed by atoms with E-state index in [9.17, 15) is 0 Å². The van der Waals surface area contributed by atoms with Gasteiger partial charge in [0.15, 0.2) is 5.82 Å². The topological polar surface area (TPSA) is 50.8 Å². The van der Waals surface area contributed by atoms with E-state index >= 15 is 0 Å². The Balaban J connectivity index is 2.24. The monoisotopic (exact) mass is 229 g/mol. The first-order valence-electron chi connectivity index (χ1n) is 5.33. The molecule has 1 aromatic rings. The normalized spacial score (nSPS) is 20.4. The second kappa shape index (κ2) is 4.49. The third-order valence-electron chi connectivity index (χ3n) is 3.12. The van der Waals surface area contributed by atoms with Gasteiger partial charge in [0.2, 0.25) is 0 Å². The summed E-state index contributed by atoms with van der Waals surface area (Å²) < 4.78 is 5.63. The zero-order valence-corrected chi connectivity index (χ0v) is 9.68. The lowest BCUT2D eigenvalue weighted by Crippen LogP contribution is -2.32. The minimum atomic E-state index is -0.279. The summed E-state index contributed by atoms with van der Waals surface area (Å²) in [6, 6.07) is 0. The van der Waals surface area contributed by atoms with Gasteiger partial charge in [-0.05, 0) is 12.8 Å². The van der Waals surface area contributed by atoms with Gasteiger partial charge in [-0.25, -0.2) is 4.98 Å². The number of nitrogens with one attached hydrogen (secondary N) is 1. The van der Waals surface area contributed by atoms with Crippen LogP contribution < -0.4 is 0 Å². The number of hydrogen-bond acceptors (Lipinski definition) is 3. The molecule has 1 aromatic heterocycles. The number of aromatic amines is 1. The quantitative estimate of drug-likeness (QED) is 0.810. The van der Waals surface area contributed by atoms with Crippen LogP contribution in [0.3, 0.4) is 0 Å². The van der Waals surface area contributed by atoms with Crippen molar-refractivity contribution in [3.05, 3.63) is 11.6 Å². The molecule has 15 heavy (non-hydrogen) atoms. The summed E-state index contributed by atoms with van der Waals surface area (Å²) in [5.41, 5.74) is -0.279. The standard InChI is InChI=1S/C10H16ClN3O/c1-15-10(5-3-2-4-6-10)9-12-8(7-11)13-14-9/h2-7H2,1H3,(H,12,13,14). The highest BCUT2D eigenvalue weighted by Crippen LogP contribution is 2.38. The lowest BCUT2D eigenvalue weighted by atomic mass is 9.84. The van der Waals surface area contributed by atoms with Crippen LogP contribution in [0.4, 0.5) is 0 Å². The summed E-state index contributed by atoms with van der Waals surface area (Å²) in [6.07, 6.45) is 5.64. The van der Waals surface area contributed by atoms with Crippen molar-refractivity contribution in [1.82, 2.24) is 15.2 Å². The van der Waals surface area contributed by atoms with Gasteiger partial charge in [0.1, 0.15) is 11.4 Å². The summed E-state index contributed by atoms with van der Waals surface area (Å²) >= 11 is 5.69. The number of halogens is 1. The molecule has 2 rings (SSSR count). The number of ether oxygens (including phenoxy) is 1. The number of alkyl halides is 1. The Hall–Kier alpha value is -0.610. The SMILES string of the molecule is COC1(c2n[nH]c(CCl)n2)CCCCC1. The zero-order chi connectivity index (χ0) is 10.7. The molecule has 0 aliphatic heterocycles. The van der Waals surface area contributed by atoms with Crippen LogP contribution in [0.1, 0.15) is 43.8 Å². The van der Waals surface area contributed by atoms with E-state index in [-0.39, 0.29) is 5.60 Å². The predicted molar refractivity (Wildman–Crippen MR) is 57.7 cm³/mol. The third kappa shape index (κ3) is 2.01. The van der Waals surface area contributed by atoms with Crippen LogP contribution in [0, 0.1) is 0 Å². The van der Waals surface area contributed by atoms with E-state index < -0.39 is 0 Å². The maximum Gasteiger partial charge on any atom is 0.182 e. The smallest absolute Gasteiger partial charge is 0.182 e. The van der Waals surface area contributed by atoms with Gasteiger partial charge in [-0.2, -0.15) is 5.10 Å². The van der Waals surface area contributed by atoms with Gasteiger partial charge in [-0.15, -0.1) is 11.6 Å². The number of aromatic nitrogens is 3. The third-order valence-corrected chi connectivity index (χ3v) is 3.37. The number of hydrogen-bond donors (Lipinski definition) is 1. The van der Waals surface area contributed by atoms with Crippen LogP contribution in [-0.4, -0.2) is 22.3 Å². The van der Waals surface area contributed by atoms with Crippen molar-refractivity contribution in [1.29, 1.82) is 0 Å². The summed E-state index contributed by atoms with van der Waals surface area (Å²) in [7, 11) is 1.74. The van der Waals surface area contributed by atoms with Gasteiger partial charge >= 0.3 is 0 Å². The highest BCUT2D eigenvalue weighted by Gasteiger charge is 2.37. The van der Waals surface area contributed by atoms with Crippen LogP contribution in [0.5, 0.6) is 0 Å². The fourth-order valence-electron chi connectivity index (χ4n) is 2.20. The van der Waals surface area contributed by atoms with Gasteiger partial charge in [0.25, 0.3) is 0 Å². The Bertz CT molecular complexity index is 320. The summed E-state index contributed by atoms with van der Waals surface area (Å²) in [5, 5.41) is 7.05. The van der Waals surface area contributed by atoms with Crippen LogP contribution in [0.2, 0.25) is 0 Å². The lowest BCUT2D eigenvalue weighted by molar-refractivity contribution is -0.0512. The van der Waals surface area contributed by atoms with E-state index in [1.165, 1.54) is 19.3 Å². The molecule has 1 N–H and O–H groups in total. The van der Waals surface area contributed by atoms with Crippen molar-refractivity contribution in [3.8, 4) is 0 Å². The molecule has 4 nitrogen and oxygen atoms in total. The Kier molecular flexibility index (Phi) is 3.26. The Morgan fingerprint density at radius 2 is 2.13 bits per heavy atom. The van der Waals surface area contributed by atoms with Crippen LogP contribution >= 0.6 is 11.6 Å². The molecular weight excluding hydrogens is 214 g/mol. The second-order valence-corrected chi connectivity index (χ2v) is 4.27. The Morgan fingerprint density at radius 1 is 1.40 bits per heavy atom. The molecule has 0 spiro atoms. The zero-order valence-electron chi connectivity index (χ0n) is 8.92. The van der Waals surface area contributed by atoms with Crippen molar-refractivity contribution in [2.75, 3.05) is 7.11 Å². The molecule has 0 amide bonds. The van der Waals surface area contributed by atoms with Crippen LogP contribution in [0.25, 0.3) is 0 Å². The van der Waals surface area contributed by atoms with Crippen molar-refractivity contribution < 1.29 is 4.74 Å². The fraction of sp³-hybridized carbons (Fsp3) is 0.800. The second-order valence-electron chi connectivity index (χ2n) is 4.00. The summed E-state index contributed by atoms with van der Waals surface area (Å²) in [4.78, 5) is 4.37. The molecule has 84 valence electrons. The van der Waals surface area contributed by atoms with Crippen LogP contribution in [-0.2, 0) is 16.2 Å². The molecule has 1 fully saturated rings. The molecule has 1 aliphatic rings. The molecule has 1 saturated carbocycles. The average molecular weight is 230 g/mol. The molecule has 0 saturated heterocycles. The molecule has 1 heterocycles. The number of nitrogens with zero attached hydrogens (tertiary/aromatic N) is 2. The maximum absolute atomic E-state index is 5.69. The summed E-state index contributed by atoms with van der Waals surface area (Å²) in [5.74, 6) is 1.85. The highest BCUT2D eigenvalue weighted by molar-refractivity contribution is 6.16. The Labute approximate surface area is 94.4 Å². The van der Waals surface area contributed by atoms with Gasteiger partial charge < -0.3 is 4.74 Å².